The van der Waals surface area contributed by atoms with Crippen molar-refractivity contribution in [2.24, 2.45) is 0 Å². The van der Waals surface area contributed by atoms with Gasteiger partial charge in [0, 0.05) is 22.8 Å². The molecule has 2 aromatic heterocycles. The molecule has 2 heterocycles. The lowest BCUT2D eigenvalue weighted by Gasteiger charge is -2.06. The molecule has 0 atom stereocenters. The first-order valence-electron chi connectivity index (χ1n) is 6.19. The van der Waals surface area contributed by atoms with Crippen LogP contribution in [-0.2, 0) is 5.75 Å². The fraction of sp³-hybridized carbons (Fsp3) is 0.0714. The molecule has 3 aromatic rings. The number of nitrogens with zero attached hydrogens (tertiary/aromatic N) is 3. The van der Waals surface area contributed by atoms with Crippen molar-refractivity contribution in [2.45, 2.75) is 10.9 Å². The molecule has 0 aliphatic rings. The number of nitrogen functional groups attached to an aromatic ring is 2. The first-order valence-corrected chi connectivity index (χ1v) is 7.55. The van der Waals surface area contributed by atoms with Crippen LogP contribution in [0.25, 0.3) is 10.9 Å². The van der Waals surface area contributed by atoms with Gasteiger partial charge in [-0.1, -0.05) is 41.6 Å². The predicted octanol–water partition coefficient (Wildman–Crippen LogP) is 3.13. The van der Waals surface area contributed by atoms with Crippen LogP contribution >= 0.6 is 23.4 Å². The summed E-state index contributed by atoms with van der Waals surface area (Å²) in [7, 11) is 0. The Morgan fingerprint density at radius 2 is 1.71 bits per heavy atom. The highest BCUT2D eigenvalue weighted by Gasteiger charge is 2.08. The molecule has 0 bridgehead atoms. The standard InChI is InChI=1S/C14H12ClN5S/c15-13-9(5-8-3-1-2-4-10(8)18-13)7-21-14-19-11(16)6-12(17)20-14/h1-6H,7H2,(H4,16,17,19,20). The van der Waals surface area contributed by atoms with E-state index in [2.05, 4.69) is 15.0 Å². The molecule has 5 nitrogen and oxygen atoms in total. The molecule has 0 aliphatic heterocycles. The summed E-state index contributed by atoms with van der Waals surface area (Å²) in [5, 5.41) is 2.06. The van der Waals surface area contributed by atoms with Crippen LogP contribution in [-0.4, -0.2) is 15.0 Å². The maximum atomic E-state index is 6.22. The number of thioether (sulfide) groups is 1. The molecule has 0 aliphatic carbocycles. The summed E-state index contributed by atoms with van der Waals surface area (Å²) in [6, 6.07) is 11.4. The Balaban J connectivity index is 1.86. The van der Waals surface area contributed by atoms with E-state index in [4.69, 9.17) is 23.1 Å². The lowest BCUT2D eigenvalue weighted by Crippen LogP contribution is -1.99. The summed E-state index contributed by atoms with van der Waals surface area (Å²) in [6.07, 6.45) is 0. The zero-order chi connectivity index (χ0) is 14.8. The van der Waals surface area contributed by atoms with E-state index in [1.165, 1.54) is 17.8 Å². The molecule has 1 aromatic carbocycles. The van der Waals surface area contributed by atoms with Crippen LogP contribution in [0.2, 0.25) is 5.15 Å². The Morgan fingerprint density at radius 1 is 1.00 bits per heavy atom. The van der Waals surface area contributed by atoms with Gasteiger partial charge in [-0.05, 0) is 12.1 Å². The van der Waals surface area contributed by atoms with Crippen molar-refractivity contribution < 1.29 is 0 Å². The van der Waals surface area contributed by atoms with E-state index in [-0.39, 0.29) is 0 Å². The van der Waals surface area contributed by atoms with E-state index in [0.29, 0.717) is 27.7 Å². The average molecular weight is 318 g/mol. The minimum atomic E-state index is 0.354. The third kappa shape index (κ3) is 3.17. The van der Waals surface area contributed by atoms with Crippen LogP contribution in [0, 0.1) is 0 Å². The molecule has 0 radical (unpaired) electrons. The quantitative estimate of drug-likeness (QED) is 0.438. The Bertz CT molecular complexity index is 788. The fourth-order valence-corrected chi connectivity index (χ4v) is 3.04. The number of rotatable bonds is 3. The molecule has 0 fully saturated rings. The summed E-state index contributed by atoms with van der Waals surface area (Å²) in [5.41, 5.74) is 13.1. The van der Waals surface area contributed by atoms with Gasteiger partial charge in [-0.25, -0.2) is 15.0 Å². The zero-order valence-corrected chi connectivity index (χ0v) is 12.5. The summed E-state index contributed by atoms with van der Waals surface area (Å²) in [4.78, 5) is 12.6. The Hall–Kier alpha value is -2.05. The normalized spacial score (nSPS) is 10.9. The molecule has 0 amide bonds. The third-order valence-corrected chi connectivity index (χ3v) is 4.08. The summed E-state index contributed by atoms with van der Waals surface area (Å²) >= 11 is 7.64. The largest absolute Gasteiger partial charge is 0.383 e. The third-order valence-electron chi connectivity index (χ3n) is 2.85. The number of anilines is 2. The predicted molar refractivity (Wildman–Crippen MR) is 87.2 cm³/mol. The van der Waals surface area contributed by atoms with Gasteiger partial charge in [0.15, 0.2) is 5.16 Å². The molecule has 3 rings (SSSR count). The molecule has 21 heavy (non-hydrogen) atoms. The monoisotopic (exact) mass is 317 g/mol. The van der Waals surface area contributed by atoms with Crippen molar-refractivity contribution in [2.75, 3.05) is 11.5 Å². The van der Waals surface area contributed by atoms with E-state index in [9.17, 15) is 0 Å². The summed E-state index contributed by atoms with van der Waals surface area (Å²) in [5.74, 6) is 1.31. The summed E-state index contributed by atoms with van der Waals surface area (Å²) in [6.45, 7) is 0. The lowest BCUT2D eigenvalue weighted by atomic mass is 10.2. The van der Waals surface area contributed by atoms with Crippen LogP contribution < -0.4 is 11.5 Å². The average Bonchev–Trinajstić information content (AvgIpc) is 2.44. The van der Waals surface area contributed by atoms with Gasteiger partial charge in [0.1, 0.15) is 16.8 Å². The van der Waals surface area contributed by atoms with Crippen molar-refractivity contribution >= 4 is 45.9 Å². The number of benzene rings is 1. The number of hydrogen-bond acceptors (Lipinski definition) is 6. The molecule has 4 N–H and O–H groups in total. The number of para-hydroxylation sites is 1. The van der Waals surface area contributed by atoms with Crippen LogP contribution in [0.15, 0.2) is 41.6 Å². The molecule has 0 saturated carbocycles. The van der Waals surface area contributed by atoms with Gasteiger partial charge in [-0.15, -0.1) is 0 Å². The molecule has 0 unspecified atom stereocenters. The van der Waals surface area contributed by atoms with Crippen LogP contribution in [0.1, 0.15) is 5.56 Å². The van der Waals surface area contributed by atoms with Crippen molar-refractivity contribution in [1.82, 2.24) is 15.0 Å². The molecule has 7 heteroatoms. The Kier molecular flexibility index (Phi) is 3.81. The van der Waals surface area contributed by atoms with Crippen LogP contribution in [0.3, 0.4) is 0 Å². The molecule has 106 valence electrons. The topological polar surface area (TPSA) is 90.7 Å². The van der Waals surface area contributed by atoms with Gasteiger partial charge >= 0.3 is 0 Å². The minimum absolute atomic E-state index is 0.354. The Labute approximate surface area is 130 Å². The van der Waals surface area contributed by atoms with E-state index in [0.717, 1.165) is 16.5 Å². The van der Waals surface area contributed by atoms with Crippen molar-refractivity contribution in [3.8, 4) is 0 Å². The molecule has 0 saturated heterocycles. The fourth-order valence-electron chi connectivity index (χ4n) is 1.91. The second-order valence-electron chi connectivity index (χ2n) is 4.42. The van der Waals surface area contributed by atoms with Crippen molar-refractivity contribution in [3.63, 3.8) is 0 Å². The maximum absolute atomic E-state index is 6.22. The second-order valence-corrected chi connectivity index (χ2v) is 5.72. The van der Waals surface area contributed by atoms with Gasteiger partial charge in [0.05, 0.1) is 5.52 Å². The van der Waals surface area contributed by atoms with E-state index in [1.807, 2.05) is 30.3 Å². The Morgan fingerprint density at radius 3 is 2.48 bits per heavy atom. The van der Waals surface area contributed by atoms with E-state index >= 15 is 0 Å². The number of pyridine rings is 1. The molecule has 0 spiro atoms. The number of halogens is 1. The first kappa shape index (κ1) is 13.9. The maximum Gasteiger partial charge on any atom is 0.191 e. The van der Waals surface area contributed by atoms with Gasteiger partial charge < -0.3 is 11.5 Å². The minimum Gasteiger partial charge on any atom is -0.383 e. The number of hydrogen-bond donors (Lipinski definition) is 2. The van der Waals surface area contributed by atoms with E-state index < -0.39 is 0 Å². The SMILES string of the molecule is Nc1cc(N)nc(SCc2cc3ccccc3nc2Cl)n1. The highest BCUT2D eigenvalue weighted by atomic mass is 35.5. The molecular formula is C14H12ClN5S. The van der Waals surface area contributed by atoms with E-state index in [1.54, 1.807) is 0 Å². The first-order chi connectivity index (χ1) is 10.1. The van der Waals surface area contributed by atoms with Crippen molar-refractivity contribution in [1.29, 1.82) is 0 Å². The van der Waals surface area contributed by atoms with Gasteiger partial charge in [0.25, 0.3) is 0 Å². The molecular weight excluding hydrogens is 306 g/mol. The van der Waals surface area contributed by atoms with Gasteiger partial charge in [-0.3, -0.25) is 0 Å². The zero-order valence-electron chi connectivity index (χ0n) is 11.0. The second kappa shape index (κ2) is 5.75. The van der Waals surface area contributed by atoms with Gasteiger partial charge in [0.2, 0.25) is 0 Å². The number of aromatic nitrogens is 3. The number of fused-ring (bicyclic) bond motifs is 1. The highest BCUT2D eigenvalue weighted by molar-refractivity contribution is 7.98. The number of nitrogens with two attached hydrogens (primary N) is 2. The van der Waals surface area contributed by atoms with Crippen LogP contribution in [0.4, 0.5) is 11.6 Å². The lowest BCUT2D eigenvalue weighted by molar-refractivity contribution is 0.984. The van der Waals surface area contributed by atoms with Crippen molar-refractivity contribution in [3.05, 3.63) is 47.1 Å². The smallest absolute Gasteiger partial charge is 0.191 e. The van der Waals surface area contributed by atoms with Gasteiger partial charge in [-0.2, -0.15) is 0 Å². The summed E-state index contributed by atoms with van der Waals surface area (Å²) < 4.78 is 0. The van der Waals surface area contributed by atoms with Crippen LogP contribution in [0.5, 0.6) is 0 Å². The highest BCUT2D eigenvalue weighted by Crippen LogP contribution is 2.27.